The van der Waals surface area contributed by atoms with Crippen molar-refractivity contribution in [1.82, 2.24) is 15.1 Å². The Morgan fingerprint density at radius 1 is 1.15 bits per heavy atom. The minimum atomic E-state index is 0.0181. The van der Waals surface area contributed by atoms with Crippen molar-refractivity contribution in [1.29, 1.82) is 0 Å². The number of aliphatic imine (C=N–C) groups is 1. The fourth-order valence-electron chi connectivity index (χ4n) is 2.57. The first kappa shape index (κ1) is 21.7. The van der Waals surface area contributed by atoms with Crippen LogP contribution in [-0.2, 0) is 6.54 Å². The minimum Gasteiger partial charge on any atom is -0.357 e. The quantitative estimate of drug-likeness (QED) is 0.301. The number of benzene rings is 1. The predicted molar refractivity (Wildman–Crippen MR) is 111 cm³/mol. The third kappa shape index (κ3) is 7.72. The monoisotopic (exact) mass is 358 g/mol. The van der Waals surface area contributed by atoms with Gasteiger partial charge >= 0.3 is 0 Å². The van der Waals surface area contributed by atoms with Crippen molar-refractivity contribution < 1.29 is 4.79 Å². The normalized spacial score (nSPS) is 11.2. The molecule has 0 atom stereocenters. The molecule has 1 amide bonds. The van der Waals surface area contributed by atoms with Crippen molar-refractivity contribution in [3.05, 3.63) is 48.0 Å². The van der Waals surface area contributed by atoms with E-state index in [9.17, 15) is 4.79 Å². The molecule has 0 saturated heterocycles. The van der Waals surface area contributed by atoms with Gasteiger partial charge in [-0.2, -0.15) is 0 Å². The van der Waals surface area contributed by atoms with Crippen LogP contribution in [0.4, 0.5) is 0 Å². The number of carbonyl (C=O) groups is 1. The van der Waals surface area contributed by atoms with Gasteiger partial charge in [-0.1, -0.05) is 24.6 Å². The Bertz CT molecular complexity index is 578. The molecule has 0 aliphatic rings. The van der Waals surface area contributed by atoms with E-state index in [2.05, 4.69) is 30.8 Å². The van der Waals surface area contributed by atoms with Crippen LogP contribution in [0.15, 0.2) is 41.9 Å². The van der Waals surface area contributed by atoms with Gasteiger partial charge in [0, 0.05) is 39.8 Å². The van der Waals surface area contributed by atoms with E-state index in [1.807, 2.05) is 30.3 Å². The van der Waals surface area contributed by atoms with Crippen molar-refractivity contribution in [2.75, 3.05) is 34.2 Å². The summed E-state index contributed by atoms with van der Waals surface area (Å²) in [6.45, 7) is 8.27. The highest BCUT2D eigenvalue weighted by Crippen LogP contribution is 2.08. The lowest BCUT2D eigenvalue weighted by Crippen LogP contribution is -2.39. The molecule has 5 nitrogen and oxygen atoms in total. The SMILES string of the molecule is C=CCCCCCN(C)C(=NCc1ccc(C(=O)N(C)C)cc1)NCC. The number of carbonyl (C=O) groups excluding carboxylic acids is 1. The summed E-state index contributed by atoms with van der Waals surface area (Å²) in [5, 5.41) is 3.35. The molecule has 0 aliphatic carbocycles. The van der Waals surface area contributed by atoms with Crippen LogP contribution < -0.4 is 5.32 Å². The van der Waals surface area contributed by atoms with Crippen molar-refractivity contribution in [2.45, 2.75) is 39.2 Å². The molecule has 0 heterocycles. The second kappa shape index (κ2) is 12.1. The molecule has 26 heavy (non-hydrogen) atoms. The lowest BCUT2D eigenvalue weighted by atomic mass is 10.1. The molecule has 144 valence electrons. The van der Waals surface area contributed by atoms with Crippen molar-refractivity contribution in [2.24, 2.45) is 4.99 Å². The fourth-order valence-corrected chi connectivity index (χ4v) is 2.57. The lowest BCUT2D eigenvalue weighted by Gasteiger charge is -2.22. The van der Waals surface area contributed by atoms with Crippen LogP contribution in [0.2, 0.25) is 0 Å². The summed E-state index contributed by atoms with van der Waals surface area (Å²) < 4.78 is 0. The molecule has 0 saturated carbocycles. The smallest absolute Gasteiger partial charge is 0.253 e. The Hall–Kier alpha value is -2.30. The van der Waals surface area contributed by atoms with Gasteiger partial charge < -0.3 is 15.1 Å². The zero-order chi connectivity index (χ0) is 19.4. The van der Waals surface area contributed by atoms with Crippen molar-refractivity contribution >= 4 is 11.9 Å². The summed E-state index contributed by atoms with van der Waals surface area (Å²) in [6, 6.07) is 7.67. The van der Waals surface area contributed by atoms with E-state index in [0.29, 0.717) is 12.1 Å². The summed E-state index contributed by atoms with van der Waals surface area (Å²) in [5.41, 5.74) is 1.79. The standard InChI is InChI=1S/C21H34N4O/c1-6-8-9-10-11-16-25(5)21(22-7-2)23-17-18-12-14-19(15-13-18)20(26)24(3)4/h6,12-15H,1,7-11,16-17H2,2-5H3,(H,22,23). The summed E-state index contributed by atoms with van der Waals surface area (Å²) in [7, 11) is 5.60. The molecule has 1 N–H and O–H groups in total. The van der Waals surface area contributed by atoms with Gasteiger partial charge in [0.05, 0.1) is 6.54 Å². The number of allylic oxidation sites excluding steroid dienone is 1. The highest BCUT2D eigenvalue weighted by molar-refractivity contribution is 5.93. The van der Waals surface area contributed by atoms with E-state index in [4.69, 9.17) is 4.99 Å². The minimum absolute atomic E-state index is 0.0181. The summed E-state index contributed by atoms with van der Waals surface area (Å²) in [4.78, 5) is 20.4. The lowest BCUT2D eigenvalue weighted by molar-refractivity contribution is 0.0827. The van der Waals surface area contributed by atoms with E-state index in [-0.39, 0.29) is 5.91 Å². The maximum atomic E-state index is 11.9. The second-order valence-corrected chi connectivity index (χ2v) is 6.63. The third-order valence-electron chi connectivity index (χ3n) is 4.12. The Morgan fingerprint density at radius 3 is 2.42 bits per heavy atom. The van der Waals surface area contributed by atoms with Crippen LogP contribution >= 0.6 is 0 Å². The molecule has 0 radical (unpaired) electrons. The molecular formula is C21H34N4O. The largest absolute Gasteiger partial charge is 0.357 e. The predicted octanol–water partition coefficient (Wildman–Crippen LogP) is 3.53. The number of rotatable bonds is 10. The summed E-state index contributed by atoms with van der Waals surface area (Å²) in [6.07, 6.45) is 6.62. The van der Waals surface area contributed by atoms with Crippen molar-refractivity contribution in [3.8, 4) is 0 Å². The van der Waals surface area contributed by atoms with E-state index in [0.717, 1.165) is 37.5 Å². The van der Waals surface area contributed by atoms with Crippen LogP contribution in [-0.4, -0.2) is 55.9 Å². The number of nitrogens with one attached hydrogen (secondary N) is 1. The molecule has 0 aliphatic heterocycles. The Labute approximate surface area is 158 Å². The number of amides is 1. The summed E-state index contributed by atoms with van der Waals surface area (Å²) >= 11 is 0. The molecule has 0 fully saturated rings. The number of nitrogens with zero attached hydrogens (tertiary/aromatic N) is 3. The molecule has 1 rings (SSSR count). The van der Waals surface area contributed by atoms with Gasteiger partial charge in [0.1, 0.15) is 0 Å². The molecule has 1 aromatic carbocycles. The Morgan fingerprint density at radius 2 is 1.85 bits per heavy atom. The summed E-state index contributed by atoms with van der Waals surface area (Å²) in [5.74, 6) is 0.939. The van der Waals surface area contributed by atoms with Gasteiger partial charge in [-0.25, -0.2) is 4.99 Å². The van der Waals surface area contributed by atoms with E-state index >= 15 is 0 Å². The molecule has 0 bridgehead atoms. The highest BCUT2D eigenvalue weighted by atomic mass is 16.2. The molecular weight excluding hydrogens is 324 g/mol. The van der Waals surface area contributed by atoms with Gasteiger partial charge in [0.2, 0.25) is 0 Å². The molecule has 0 aromatic heterocycles. The number of unbranched alkanes of at least 4 members (excludes halogenated alkanes) is 3. The maximum absolute atomic E-state index is 11.9. The molecule has 0 spiro atoms. The van der Waals surface area contributed by atoms with Gasteiger partial charge in [-0.3, -0.25) is 4.79 Å². The van der Waals surface area contributed by atoms with Crippen LogP contribution in [0.1, 0.15) is 48.5 Å². The van der Waals surface area contributed by atoms with Gasteiger partial charge in [0.25, 0.3) is 5.91 Å². The average Bonchev–Trinajstić information content (AvgIpc) is 2.64. The first-order valence-electron chi connectivity index (χ1n) is 9.40. The van der Waals surface area contributed by atoms with Gasteiger partial charge in [-0.15, -0.1) is 6.58 Å². The van der Waals surface area contributed by atoms with Crippen LogP contribution in [0.5, 0.6) is 0 Å². The first-order valence-corrected chi connectivity index (χ1v) is 9.40. The first-order chi connectivity index (χ1) is 12.5. The fraction of sp³-hybridized carbons (Fsp3) is 0.524. The molecule has 5 heteroatoms. The molecule has 0 unspecified atom stereocenters. The van der Waals surface area contributed by atoms with E-state index < -0.39 is 0 Å². The van der Waals surface area contributed by atoms with Crippen LogP contribution in [0.25, 0.3) is 0 Å². The zero-order valence-corrected chi connectivity index (χ0v) is 16.8. The topological polar surface area (TPSA) is 47.9 Å². The highest BCUT2D eigenvalue weighted by Gasteiger charge is 2.08. The number of hydrogen-bond donors (Lipinski definition) is 1. The average molecular weight is 359 g/mol. The van der Waals surface area contributed by atoms with E-state index in [1.165, 1.54) is 12.8 Å². The number of hydrogen-bond acceptors (Lipinski definition) is 2. The Kier molecular flexibility index (Phi) is 10.1. The number of guanidine groups is 1. The van der Waals surface area contributed by atoms with Crippen LogP contribution in [0, 0.1) is 0 Å². The van der Waals surface area contributed by atoms with Gasteiger partial charge in [-0.05, 0) is 43.9 Å². The van der Waals surface area contributed by atoms with Crippen molar-refractivity contribution in [3.63, 3.8) is 0 Å². The maximum Gasteiger partial charge on any atom is 0.253 e. The Balaban J connectivity index is 2.61. The third-order valence-corrected chi connectivity index (χ3v) is 4.12. The zero-order valence-electron chi connectivity index (χ0n) is 16.8. The van der Waals surface area contributed by atoms with Gasteiger partial charge in [0.15, 0.2) is 5.96 Å². The van der Waals surface area contributed by atoms with Crippen LogP contribution in [0.3, 0.4) is 0 Å². The van der Waals surface area contributed by atoms with E-state index in [1.54, 1.807) is 19.0 Å². The second-order valence-electron chi connectivity index (χ2n) is 6.63. The molecule has 1 aromatic rings.